The summed E-state index contributed by atoms with van der Waals surface area (Å²) in [6, 6.07) is 0. The van der Waals surface area contributed by atoms with Crippen LogP contribution < -0.4 is 0 Å². The Bertz CT molecular complexity index is 1310. The van der Waals surface area contributed by atoms with Gasteiger partial charge in [-0.25, -0.2) is 8.75 Å². The summed E-state index contributed by atoms with van der Waals surface area (Å²) in [6.45, 7) is 13.9. The molecule has 4 saturated carbocycles. The molecule has 13 nitrogen and oxygen atoms in total. The second-order valence-corrected chi connectivity index (χ2v) is 18.2. The Kier molecular flexibility index (Phi) is 10.0. The van der Waals surface area contributed by atoms with Gasteiger partial charge in [0.1, 0.15) is 12.2 Å². The Morgan fingerprint density at radius 2 is 1.63 bits per heavy atom. The molecule has 0 aromatic rings. The third kappa shape index (κ3) is 6.15. The lowest BCUT2D eigenvalue weighted by Crippen LogP contribution is -2.69. The van der Waals surface area contributed by atoms with Crippen LogP contribution >= 0.6 is 7.82 Å². The fourth-order valence-electron chi connectivity index (χ4n) is 11.0. The zero-order chi connectivity index (χ0) is 34.3. The van der Waals surface area contributed by atoms with Crippen LogP contribution in [-0.4, -0.2) is 83.9 Å². The van der Waals surface area contributed by atoms with Gasteiger partial charge in [-0.15, -0.1) is 0 Å². The summed E-state index contributed by atoms with van der Waals surface area (Å²) in [5, 5.41) is 23.5. The lowest BCUT2D eigenvalue weighted by Gasteiger charge is -2.65. The van der Waals surface area contributed by atoms with Crippen LogP contribution in [0, 0.1) is 58.2 Å². The molecule has 5 aliphatic rings. The molecule has 0 spiro atoms. The van der Waals surface area contributed by atoms with Crippen molar-refractivity contribution in [2.45, 2.75) is 123 Å². The minimum Gasteiger partial charge on any atom is -0.459 e. The van der Waals surface area contributed by atoms with Crippen molar-refractivity contribution in [2.75, 3.05) is 7.11 Å². The van der Waals surface area contributed by atoms with Crippen LogP contribution in [0.1, 0.15) is 80.6 Å². The summed E-state index contributed by atoms with van der Waals surface area (Å²) in [7, 11) is -8.32. The molecule has 0 radical (unpaired) electrons. The normalized spacial score (nSPS) is 49.2. The number of fused-ring (bicyclic) bond motifs is 7. The fraction of sp³-hybridized carbons (Fsp3) is 0.968. The third-order valence-corrected chi connectivity index (χ3v) is 14.5. The highest BCUT2D eigenvalue weighted by atomic mass is 32.3. The lowest BCUT2D eigenvalue weighted by atomic mass is 9.42. The minimum absolute atomic E-state index is 0.0685. The van der Waals surface area contributed by atoms with E-state index in [0.717, 1.165) is 13.5 Å². The van der Waals surface area contributed by atoms with Crippen LogP contribution in [0.5, 0.6) is 0 Å². The van der Waals surface area contributed by atoms with E-state index in [1.54, 1.807) is 0 Å². The molecule has 15 heteroatoms. The van der Waals surface area contributed by atoms with Crippen molar-refractivity contribution in [3.8, 4) is 0 Å². The highest BCUT2D eigenvalue weighted by molar-refractivity contribution is 7.80. The quantitative estimate of drug-likeness (QED) is 0.163. The largest absolute Gasteiger partial charge is 0.472 e. The standard InChI is InChI=1S/C31H53O13PS/c1-14(2)16(4)20-13-15(3)22-28(42-20)29(43-45(35,36)40-8)23-21-18(9-11-31(22,23)7)30(6)12-10-19(44-46(37,38)39)25(33)24(30)26(34)27(21)41-17(5)32/h14-16,18-29,33-34H,9-13H2,1-8H3,(H,35,36)(H,37,38,39)/t15-,16+,18+,19-,20-,21-,22+,23-,24-,25+,26+,27-,28+,29+,30-,31-/m1/s1. The lowest BCUT2D eigenvalue weighted by molar-refractivity contribution is -0.259. The van der Waals surface area contributed by atoms with Crippen LogP contribution in [0.4, 0.5) is 0 Å². The molecule has 0 aromatic heterocycles. The molecular formula is C31H53O13PS. The summed E-state index contributed by atoms with van der Waals surface area (Å²) < 4.78 is 74.4. The summed E-state index contributed by atoms with van der Waals surface area (Å²) in [6.07, 6.45) is -4.42. The molecule has 266 valence electrons. The first kappa shape index (κ1) is 36.6. The van der Waals surface area contributed by atoms with Crippen molar-refractivity contribution in [3.63, 3.8) is 0 Å². The Labute approximate surface area is 272 Å². The van der Waals surface area contributed by atoms with Crippen LogP contribution in [0.25, 0.3) is 0 Å². The van der Waals surface area contributed by atoms with Crippen LogP contribution in [0.3, 0.4) is 0 Å². The van der Waals surface area contributed by atoms with Gasteiger partial charge >= 0.3 is 24.2 Å². The van der Waals surface area contributed by atoms with E-state index in [2.05, 4.69) is 34.6 Å². The average molecular weight is 697 g/mol. The maximum absolute atomic E-state index is 13.2. The molecule has 1 unspecified atom stereocenters. The molecule has 5 rings (SSSR count). The van der Waals surface area contributed by atoms with Gasteiger partial charge in [0.05, 0.1) is 30.5 Å². The number of carbonyl (C=O) groups excluding carboxylic acids is 1. The van der Waals surface area contributed by atoms with Gasteiger partial charge in [-0.1, -0.05) is 41.5 Å². The predicted octanol–water partition coefficient (Wildman–Crippen LogP) is 3.75. The number of rotatable bonds is 8. The fourth-order valence-corrected chi connectivity index (χ4v) is 12.1. The van der Waals surface area contributed by atoms with Gasteiger partial charge in [-0.2, -0.15) is 8.42 Å². The first-order chi connectivity index (χ1) is 21.2. The van der Waals surface area contributed by atoms with E-state index < -0.39 is 89.4 Å². The van der Waals surface area contributed by atoms with Crippen molar-refractivity contribution in [3.05, 3.63) is 0 Å². The molecule has 4 N–H and O–H groups in total. The molecule has 1 aliphatic heterocycles. The van der Waals surface area contributed by atoms with Crippen molar-refractivity contribution < 1.29 is 60.1 Å². The van der Waals surface area contributed by atoms with Gasteiger partial charge in [0.2, 0.25) is 0 Å². The molecule has 4 aliphatic carbocycles. The van der Waals surface area contributed by atoms with E-state index in [0.29, 0.717) is 25.2 Å². The molecule has 0 aromatic carbocycles. The Balaban J connectivity index is 1.63. The van der Waals surface area contributed by atoms with E-state index in [1.165, 1.54) is 6.92 Å². The number of hydrogen-bond acceptors (Lipinski definition) is 11. The Morgan fingerprint density at radius 1 is 1.00 bits per heavy atom. The molecule has 0 bridgehead atoms. The van der Waals surface area contributed by atoms with Crippen LogP contribution in [-0.2, 0) is 42.5 Å². The molecule has 46 heavy (non-hydrogen) atoms. The molecular weight excluding hydrogens is 643 g/mol. The number of phosphoric acid groups is 1. The summed E-state index contributed by atoms with van der Waals surface area (Å²) in [5.41, 5.74) is -1.27. The first-order valence-corrected chi connectivity index (χ1v) is 19.4. The van der Waals surface area contributed by atoms with Gasteiger partial charge in [-0.05, 0) is 72.5 Å². The zero-order valence-corrected chi connectivity index (χ0v) is 29.7. The van der Waals surface area contributed by atoms with Crippen LogP contribution in [0.2, 0.25) is 0 Å². The third-order valence-electron chi connectivity index (χ3n) is 13.1. The second kappa shape index (κ2) is 12.6. The zero-order valence-electron chi connectivity index (χ0n) is 28.0. The van der Waals surface area contributed by atoms with Crippen molar-refractivity contribution in [1.82, 2.24) is 0 Å². The van der Waals surface area contributed by atoms with E-state index >= 15 is 0 Å². The van der Waals surface area contributed by atoms with Gasteiger partial charge in [-0.3, -0.25) is 18.4 Å². The Hall–Kier alpha value is -0.670. The van der Waals surface area contributed by atoms with Gasteiger partial charge in [0.25, 0.3) is 0 Å². The number of aliphatic hydroxyl groups excluding tert-OH is 2. The van der Waals surface area contributed by atoms with Gasteiger partial charge in [0, 0.05) is 31.8 Å². The van der Waals surface area contributed by atoms with E-state index in [9.17, 15) is 37.4 Å². The average Bonchev–Trinajstić information content (AvgIpc) is 3.18. The summed E-state index contributed by atoms with van der Waals surface area (Å²) in [4.78, 5) is 23.4. The van der Waals surface area contributed by atoms with E-state index in [4.69, 9.17) is 22.7 Å². The maximum atomic E-state index is 13.2. The number of carbonyl (C=O) groups is 1. The van der Waals surface area contributed by atoms with Gasteiger partial charge < -0.3 is 24.6 Å². The SMILES string of the molecule is COP(=O)(O)O[C@@H]1[C@H]2O[C@@H]([C@@H](C)C(C)C)C[C@@H](C)[C@@H]2[C@@]2(C)CC[C@H]3[C@@H]([C@@H](OC(C)=O)[C@@H](O)[C@H]4[C@@H](O)[C@H](OS(=O)(=O)O)CC[C@@]43C)[C@H]12. The van der Waals surface area contributed by atoms with E-state index in [-0.39, 0.29) is 36.2 Å². The monoisotopic (exact) mass is 696 g/mol. The number of ether oxygens (including phenoxy) is 2. The summed E-state index contributed by atoms with van der Waals surface area (Å²) in [5.74, 6) is -2.29. The molecule has 5 fully saturated rings. The maximum Gasteiger partial charge on any atom is 0.472 e. The summed E-state index contributed by atoms with van der Waals surface area (Å²) >= 11 is 0. The van der Waals surface area contributed by atoms with E-state index in [1.807, 2.05) is 6.92 Å². The van der Waals surface area contributed by atoms with Crippen molar-refractivity contribution in [2.24, 2.45) is 58.2 Å². The van der Waals surface area contributed by atoms with Gasteiger partial charge in [0.15, 0.2) is 0 Å². The molecule has 1 heterocycles. The van der Waals surface area contributed by atoms with Crippen molar-refractivity contribution >= 4 is 24.2 Å². The number of aliphatic hydroxyl groups is 2. The highest BCUT2D eigenvalue weighted by Gasteiger charge is 2.73. The topological polar surface area (TPSA) is 195 Å². The number of hydrogen-bond donors (Lipinski definition) is 4. The minimum atomic E-state index is -4.89. The molecule has 0 amide bonds. The molecule has 17 atom stereocenters. The second-order valence-electron chi connectivity index (χ2n) is 15.6. The smallest absolute Gasteiger partial charge is 0.459 e. The predicted molar refractivity (Wildman–Crippen MR) is 164 cm³/mol. The Morgan fingerprint density at radius 3 is 2.20 bits per heavy atom. The number of phosphoric ester groups is 1. The van der Waals surface area contributed by atoms with Crippen LogP contribution in [0.15, 0.2) is 0 Å². The first-order valence-electron chi connectivity index (χ1n) is 16.6. The van der Waals surface area contributed by atoms with Crippen molar-refractivity contribution in [1.29, 1.82) is 0 Å². The molecule has 1 saturated heterocycles. The number of esters is 1. The highest BCUT2D eigenvalue weighted by Crippen LogP contribution is 2.71.